The van der Waals surface area contributed by atoms with Crippen molar-refractivity contribution in [2.24, 2.45) is 7.05 Å². The smallest absolute Gasteiger partial charge is 0.273 e. The lowest BCUT2D eigenvalue weighted by atomic mass is 10.4. The minimum atomic E-state index is -0.221. The molecule has 0 unspecified atom stereocenters. The topological polar surface area (TPSA) is 46.9 Å². The lowest BCUT2D eigenvalue weighted by molar-refractivity contribution is 0.101. The van der Waals surface area contributed by atoms with E-state index in [0.29, 0.717) is 16.5 Å². The van der Waals surface area contributed by atoms with Crippen LogP contribution >= 0.6 is 11.6 Å². The highest BCUT2D eigenvalue weighted by Crippen LogP contribution is 2.18. The standard InChI is InChI=1S/C12H12ClN3O/c1-8-5-6-10(16(8)2)12(17)15-11-9(13)4-3-7-14-11/h3-7H,1-2H3,(H,14,15,17). The van der Waals surface area contributed by atoms with Crippen molar-refractivity contribution in [3.05, 3.63) is 46.9 Å². The van der Waals surface area contributed by atoms with Gasteiger partial charge in [0.15, 0.2) is 5.82 Å². The van der Waals surface area contributed by atoms with E-state index in [-0.39, 0.29) is 5.91 Å². The zero-order valence-electron chi connectivity index (χ0n) is 9.57. The Bertz CT molecular complexity index is 563. The van der Waals surface area contributed by atoms with Gasteiger partial charge in [0, 0.05) is 18.9 Å². The van der Waals surface area contributed by atoms with Crippen LogP contribution < -0.4 is 5.32 Å². The second-order valence-electron chi connectivity index (χ2n) is 3.71. The minimum Gasteiger partial charge on any atom is -0.344 e. The Hall–Kier alpha value is -1.81. The van der Waals surface area contributed by atoms with Gasteiger partial charge in [-0.3, -0.25) is 4.79 Å². The Morgan fingerprint density at radius 2 is 2.18 bits per heavy atom. The molecular weight excluding hydrogens is 238 g/mol. The summed E-state index contributed by atoms with van der Waals surface area (Å²) < 4.78 is 1.81. The van der Waals surface area contributed by atoms with Gasteiger partial charge in [-0.2, -0.15) is 0 Å². The van der Waals surface area contributed by atoms with E-state index in [2.05, 4.69) is 10.3 Å². The molecule has 0 radical (unpaired) electrons. The molecule has 0 aliphatic rings. The van der Waals surface area contributed by atoms with Crippen LogP contribution in [0.15, 0.2) is 30.5 Å². The third kappa shape index (κ3) is 2.31. The number of hydrogen-bond acceptors (Lipinski definition) is 2. The van der Waals surface area contributed by atoms with Crippen LogP contribution in [-0.2, 0) is 7.05 Å². The van der Waals surface area contributed by atoms with Crippen molar-refractivity contribution >= 4 is 23.3 Å². The van der Waals surface area contributed by atoms with Crippen LogP contribution in [0.25, 0.3) is 0 Å². The molecule has 0 atom stereocenters. The maximum atomic E-state index is 12.0. The molecule has 0 aliphatic carbocycles. The van der Waals surface area contributed by atoms with E-state index in [0.717, 1.165) is 5.69 Å². The van der Waals surface area contributed by atoms with Crippen molar-refractivity contribution in [2.75, 3.05) is 5.32 Å². The normalized spacial score (nSPS) is 10.3. The van der Waals surface area contributed by atoms with E-state index in [1.54, 1.807) is 24.4 Å². The van der Waals surface area contributed by atoms with Gasteiger partial charge in [0.05, 0.1) is 5.02 Å². The lowest BCUT2D eigenvalue weighted by Gasteiger charge is -2.07. The summed E-state index contributed by atoms with van der Waals surface area (Å²) in [5.41, 5.74) is 1.59. The third-order valence-corrected chi connectivity index (χ3v) is 2.90. The number of rotatable bonds is 2. The zero-order chi connectivity index (χ0) is 12.4. The molecule has 2 aromatic rings. The molecule has 17 heavy (non-hydrogen) atoms. The van der Waals surface area contributed by atoms with E-state index in [1.807, 2.05) is 24.6 Å². The summed E-state index contributed by atoms with van der Waals surface area (Å²) in [6, 6.07) is 7.04. The van der Waals surface area contributed by atoms with E-state index < -0.39 is 0 Å². The first-order valence-electron chi connectivity index (χ1n) is 5.14. The fraction of sp³-hybridized carbons (Fsp3) is 0.167. The van der Waals surface area contributed by atoms with Gasteiger partial charge < -0.3 is 9.88 Å². The highest BCUT2D eigenvalue weighted by atomic mass is 35.5. The summed E-state index contributed by atoms with van der Waals surface area (Å²) in [5.74, 6) is 0.152. The number of pyridine rings is 1. The molecule has 0 spiro atoms. The monoisotopic (exact) mass is 249 g/mol. The summed E-state index contributed by atoms with van der Waals surface area (Å²) in [7, 11) is 1.84. The molecule has 1 amide bonds. The van der Waals surface area contributed by atoms with Crippen molar-refractivity contribution < 1.29 is 4.79 Å². The molecule has 2 aromatic heterocycles. The lowest BCUT2D eigenvalue weighted by Crippen LogP contribution is -2.16. The highest BCUT2D eigenvalue weighted by Gasteiger charge is 2.12. The first-order chi connectivity index (χ1) is 8.09. The van der Waals surface area contributed by atoms with Crippen LogP contribution in [0, 0.1) is 6.92 Å². The zero-order valence-corrected chi connectivity index (χ0v) is 10.3. The molecule has 0 saturated carbocycles. The summed E-state index contributed by atoms with van der Waals surface area (Å²) in [6.07, 6.45) is 1.58. The largest absolute Gasteiger partial charge is 0.344 e. The quantitative estimate of drug-likeness (QED) is 0.889. The SMILES string of the molecule is Cc1ccc(C(=O)Nc2ncccc2Cl)n1C. The minimum absolute atomic E-state index is 0.221. The van der Waals surface area contributed by atoms with Crippen LogP contribution in [-0.4, -0.2) is 15.5 Å². The van der Waals surface area contributed by atoms with Crippen molar-refractivity contribution in [3.63, 3.8) is 0 Å². The van der Waals surface area contributed by atoms with E-state index >= 15 is 0 Å². The summed E-state index contributed by atoms with van der Waals surface area (Å²) in [4.78, 5) is 16.0. The van der Waals surface area contributed by atoms with Crippen LogP contribution in [0.5, 0.6) is 0 Å². The summed E-state index contributed by atoms with van der Waals surface area (Å²) in [6.45, 7) is 1.94. The maximum Gasteiger partial charge on any atom is 0.273 e. The predicted octanol–water partition coefficient (Wildman–Crippen LogP) is 2.63. The third-order valence-electron chi connectivity index (χ3n) is 2.60. The fourth-order valence-electron chi connectivity index (χ4n) is 1.49. The molecular formula is C12H12ClN3O. The van der Waals surface area contributed by atoms with Gasteiger partial charge in [0.1, 0.15) is 5.69 Å². The molecule has 0 fully saturated rings. The number of halogens is 1. The van der Waals surface area contributed by atoms with Gasteiger partial charge in [0.25, 0.3) is 5.91 Å². The average Bonchev–Trinajstić information content (AvgIpc) is 2.63. The van der Waals surface area contributed by atoms with Crippen molar-refractivity contribution in [2.45, 2.75) is 6.92 Å². The second-order valence-corrected chi connectivity index (χ2v) is 4.11. The molecule has 0 aromatic carbocycles. The van der Waals surface area contributed by atoms with Gasteiger partial charge in [-0.05, 0) is 31.2 Å². The molecule has 0 bridgehead atoms. The van der Waals surface area contributed by atoms with Gasteiger partial charge in [0.2, 0.25) is 0 Å². The number of nitrogens with zero attached hydrogens (tertiary/aromatic N) is 2. The number of anilines is 1. The van der Waals surface area contributed by atoms with Crippen molar-refractivity contribution in [1.29, 1.82) is 0 Å². The Morgan fingerprint density at radius 1 is 1.41 bits per heavy atom. The van der Waals surface area contributed by atoms with Crippen molar-refractivity contribution in [1.82, 2.24) is 9.55 Å². The molecule has 88 valence electrons. The Labute approximate surface area is 104 Å². The summed E-state index contributed by atoms with van der Waals surface area (Å²) >= 11 is 5.92. The molecule has 1 N–H and O–H groups in total. The Balaban J connectivity index is 2.23. The molecule has 2 heterocycles. The van der Waals surface area contributed by atoms with Crippen LogP contribution in [0.4, 0.5) is 5.82 Å². The van der Waals surface area contributed by atoms with Gasteiger partial charge in [-0.25, -0.2) is 4.98 Å². The average molecular weight is 250 g/mol. The van der Waals surface area contributed by atoms with Gasteiger partial charge in [-0.1, -0.05) is 11.6 Å². The molecule has 0 aliphatic heterocycles. The van der Waals surface area contributed by atoms with Crippen LogP contribution in [0.3, 0.4) is 0 Å². The number of carbonyl (C=O) groups is 1. The van der Waals surface area contributed by atoms with Crippen LogP contribution in [0.2, 0.25) is 5.02 Å². The number of hydrogen-bond donors (Lipinski definition) is 1. The maximum absolute atomic E-state index is 12.0. The van der Waals surface area contributed by atoms with Gasteiger partial charge >= 0.3 is 0 Å². The predicted molar refractivity (Wildman–Crippen MR) is 67.4 cm³/mol. The van der Waals surface area contributed by atoms with Gasteiger partial charge in [-0.15, -0.1) is 0 Å². The first-order valence-corrected chi connectivity index (χ1v) is 5.51. The number of aromatic nitrogens is 2. The second kappa shape index (κ2) is 4.59. The molecule has 2 rings (SSSR count). The molecule has 5 heteroatoms. The Morgan fingerprint density at radius 3 is 2.76 bits per heavy atom. The van der Waals surface area contributed by atoms with E-state index in [1.165, 1.54) is 0 Å². The van der Waals surface area contributed by atoms with E-state index in [9.17, 15) is 4.79 Å². The highest BCUT2D eigenvalue weighted by molar-refractivity contribution is 6.33. The number of nitrogens with one attached hydrogen (secondary N) is 1. The number of amides is 1. The molecule has 4 nitrogen and oxygen atoms in total. The number of aryl methyl sites for hydroxylation is 1. The molecule has 0 saturated heterocycles. The Kier molecular flexibility index (Phi) is 3.15. The first kappa shape index (κ1) is 11.7. The summed E-state index contributed by atoms with van der Waals surface area (Å²) in [5, 5.41) is 3.10. The fourth-order valence-corrected chi connectivity index (χ4v) is 1.66. The number of carbonyl (C=O) groups excluding carboxylic acids is 1. The van der Waals surface area contributed by atoms with Crippen LogP contribution in [0.1, 0.15) is 16.2 Å². The van der Waals surface area contributed by atoms with E-state index in [4.69, 9.17) is 11.6 Å². The van der Waals surface area contributed by atoms with Crippen molar-refractivity contribution in [3.8, 4) is 0 Å².